The minimum absolute atomic E-state index is 0.122. The van der Waals surface area contributed by atoms with Crippen LogP contribution in [0.4, 0.5) is 0 Å². The van der Waals surface area contributed by atoms with Crippen molar-refractivity contribution in [3.63, 3.8) is 0 Å². The Hall–Kier alpha value is -3.91. The van der Waals surface area contributed by atoms with Gasteiger partial charge in [0.15, 0.2) is 0 Å². The van der Waals surface area contributed by atoms with Crippen LogP contribution in [0.3, 0.4) is 0 Å². The Morgan fingerprint density at radius 1 is 0.970 bits per heavy atom. The number of carbonyl (C=O) groups is 2. The lowest BCUT2D eigenvalue weighted by Crippen LogP contribution is -2.36. The highest BCUT2D eigenvalue weighted by molar-refractivity contribution is 7.13. The van der Waals surface area contributed by atoms with Crippen molar-refractivity contribution in [3.8, 4) is 16.3 Å². The van der Waals surface area contributed by atoms with Gasteiger partial charge in [-0.2, -0.15) is 5.10 Å². The van der Waals surface area contributed by atoms with Crippen LogP contribution in [-0.2, 0) is 17.9 Å². The number of carbonyl (C=O) groups excluding carboxylic acids is 2. The molecule has 168 valence electrons. The van der Waals surface area contributed by atoms with Crippen LogP contribution >= 0.6 is 11.3 Å². The molecule has 4 rings (SSSR count). The molecular formula is C25H24N4O3S. The fraction of sp³-hybridized carbons (Fsp3) is 0.160. The number of aromatic nitrogens is 2. The van der Waals surface area contributed by atoms with Gasteiger partial charge < -0.3 is 15.4 Å². The lowest BCUT2D eigenvalue weighted by Gasteiger charge is -2.08. The molecule has 2 amide bonds. The number of benzene rings is 2. The number of ether oxygens (including phenoxy) is 1. The summed E-state index contributed by atoms with van der Waals surface area (Å²) >= 11 is 1.52. The molecule has 8 heteroatoms. The first kappa shape index (κ1) is 22.3. The van der Waals surface area contributed by atoms with E-state index in [9.17, 15) is 9.59 Å². The number of hydrogen-bond acceptors (Lipinski definition) is 5. The monoisotopic (exact) mass is 460 g/mol. The van der Waals surface area contributed by atoms with Crippen LogP contribution in [0.15, 0.2) is 78.3 Å². The topological polar surface area (TPSA) is 85.3 Å². The Bertz CT molecular complexity index is 1200. The third-order valence-corrected chi connectivity index (χ3v) is 5.88. The summed E-state index contributed by atoms with van der Waals surface area (Å²) in [5, 5.41) is 12.1. The predicted octanol–water partition coefficient (Wildman–Crippen LogP) is 3.71. The minimum Gasteiger partial charge on any atom is -0.497 e. The standard InChI is InChI=1S/C25H24N4O3S/c1-32-20-11-9-18(10-12-20)14-26-23(30)15-27-25(31)21-17-29(16-19-6-3-2-4-7-19)28-24(21)22-8-5-13-33-22/h2-13,17H,14-16H2,1H3,(H,26,30)(H,27,31). The largest absolute Gasteiger partial charge is 0.497 e. The molecule has 0 fully saturated rings. The molecule has 4 aromatic rings. The lowest BCUT2D eigenvalue weighted by atomic mass is 10.2. The maximum atomic E-state index is 12.9. The Labute approximate surface area is 196 Å². The van der Waals surface area contributed by atoms with Gasteiger partial charge in [-0.1, -0.05) is 48.5 Å². The van der Waals surface area contributed by atoms with E-state index in [1.807, 2.05) is 72.1 Å². The smallest absolute Gasteiger partial charge is 0.255 e. The number of rotatable bonds is 9. The van der Waals surface area contributed by atoms with Gasteiger partial charge in [-0.15, -0.1) is 11.3 Å². The molecule has 2 aromatic carbocycles. The number of thiophene rings is 1. The Kier molecular flexibility index (Phi) is 7.16. The zero-order valence-electron chi connectivity index (χ0n) is 18.2. The number of nitrogens with one attached hydrogen (secondary N) is 2. The van der Waals surface area contributed by atoms with Crippen molar-refractivity contribution in [2.45, 2.75) is 13.1 Å². The summed E-state index contributed by atoms with van der Waals surface area (Å²) in [5.74, 6) is 0.150. The van der Waals surface area contributed by atoms with Crippen molar-refractivity contribution in [2.24, 2.45) is 0 Å². The highest BCUT2D eigenvalue weighted by Crippen LogP contribution is 2.27. The highest BCUT2D eigenvalue weighted by Gasteiger charge is 2.19. The summed E-state index contributed by atoms with van der Waals surface area (Å²) in [6.07, 6.45) is 1.73. The highest BCUT2D eigenvalue weighted by atomic mass is 32.1. The number of amides is 2. The quantitative estimate of drug-likeness (QED) is 0.399. The van der Waals surface area contributed by atoms with Crippen LogP contribution in [0, 0.1) is 0 Å². The Morgan fingerprint density at radius 2 is 1.76 bits per heavy atom. The van der Waals surface area contributed by atoms with E-state index in [0.717, 1.165) is 21.8 Å². The van der Waals surface area contributed by atoms with Gasteiger partial charge in [0.25, 0.3) is 5.91 Å². The summed E-state index contributed by atoms with van der Waals surface area (Å²) in [4.78, 5) is 26.1. The van der Waals surface area contributed by atoms with Crippen molar-refractivity contribution in [2.75, 3.05) is 13.7 Å². The van der Waals surface area contributed by atoms with Crippen molar-refractivity contribution in [3.05, 3.63) is 95.0 Å². The van der Waals surface area contributed by atoms with Crippen molar-refractivity contribution < 1.29 is 14.3 Å². The fourth-order valence-corrected chi connectivity index (χ4v) is 4.02. The summed E-state index contributed by atoms with van der Waals surface area (Å²) in [7, 11) is 1.61. The summed E-state index contributed by atoms with van der Waals surface area (Å²) in [6, 6.07) is 21.2. The van der Waals surface area contributed by atoms with Crippen molar-refractivity contribution in [1.82, 2.24) is 20.4 Å². The molecule has 2 N–H and O–H groups in total. The first-order valence-electron chi connectivity index (χ1n) is 10.5. The molecule has 7 nitrogen and oxygen atoms in total. The van der Waals surface area contributed by atoms with E-state index in [1.54, 1.807) is 18.0 Å². The second kappa shape index (κ2) is 10.6. The van der Waals surface area contributed by atoms with E-state index < -0.39 is 0 Å². The molecule has 0 saturated carbocycles. The fourth-order valence-electron chi connectivity index (χ4n) is 3.30. The third-order valence-electron chi connectivity index (χ3n) is 5.01. The van der Waals surface area contributed by atoms with Crippen LogP contribution in [-0.4, -0.2) is 35.2 Å². The lowest BCUT2D eigenvalue weighted by molar-refractivity contribution is -0.120. The summed E-state index contributed by atoms with van der Waals surface area (Å²) < 4.78 is 6.89. The molecule has 0 aliphatic rings. The van der Waals surface area contributed by atoms with Crippen molar-refractivity contribution >= 4 is 23.2 Å². The molecule has 0 bridgehead atoms. The van der Waals surface area contributed by atoms with Crippen LogP contribution in [0.5, 0.6) is 5.75 Å². The van der Waals surface area contributed by atoms with Crippen LogP contribution in [0.1, 0.15) is 21.5 Å². The zero-order valence-corrected chi connectivity index (χ0v) is 19.0. The van der Waals surface area contributed by atoms with Gasteiger partial charge in [-0.25, -0.2) is 0 Å². The first-order chi connectivity index (χ1) is 16.1. The van der Waals surface area contributed by atoms with Crippen LogP contribution < -0.4 is 15.4 Å². The minimum atomic E-state index is -0.336. The molecular weight excluding hydrogens is 436 g/mol. The third kappa shape index (κ3) is 5.87. The molecule has 0 spiro atoms. The van der Waals surface area contributed by atoms with E-state index in [-0.39, 0.29) is 18.4 Å². The molecule has 0 unspecified atom stereocenters. The number of hydrogen-bond donors (Lipinski definition) is 2. The maximum absolute atomic E-state index is 12.9. The average molecular weight is 461 g/mol. The predicted molar refractivity (Wildman–Crippen MR) is 128 cm³/mol. The molecule has 0 radical (unpaired) electrons. The van der Waals surface area contributed by atoms with E-state index in [1.165, 1.54) is 11.3 Å². The molecule has 0 saturated heterocycles. The van der Waals surface area contributed by atoms with Crippen LogP contribution in [0.2, 0.25) is 0 Å². The van der Waals surface area contributed by atoms with Gasteiger partial charge in [-0.05, 0) is 34.7 Å². The van der Waals surface area contributed by atoms with Crippen LogP contribution in [0.25, 0.3) is 10.6 Å². The van der Waals surface area contributed by atoms with E-state index in [0.29, 0.717) is 24.3 Å². The second-order valence-electron chi connectivity index (χ2n) is 7.36. The SMILES string of the molecule is COc1ccc(CNC(=O)CNC(=O)c2cn(Cc3ccccc3)nc2-c2cccs2)cc1. The number of nitrogens with zero attached hydrogens (tertiary/aromatic N) is 2. The molecule has 0 aliphatic heterocycles. The summed E-state index contributed by atoms with van der Waals surface area (Å²) in [6.45, 7) is 0.797. The van der Waals surface area contributed by atoms with E-state index in [4.69, 9.17) is 4.74 Å². The van der Waals surface area contributed by atoms with Gasteiger partial charge in [-0.3, -0.25) is 14.3 Å². The molecule has 0 atom stereocenters. The van der Waals surface area contributed by atoms with Gasteiger partial charge in [0, 0.05) is 12.7 Å². The van der Waals surface area contributed by atoms with E-state index >= 15 is 0 Å². The van der Waals surface area contributed by atoms with Gasteiger partial charge in [0.2, 0.25) is 5.91 Å². The second-order valence-corrected chi connectivity index (χ2v) is 8.31. The van der Waals surface area contributed by atoms with Gasteiger partial charge >= 0.3 is 0 Å². The van der Waals surface area contributed by atoms with Gasteiger partial charge in [0.1, 0.15) is 11.4 Å². The number of methoxy groups -OCH3 is 1. The van der Waals surface area contributed by atoms with E-state index in [2.05, 4.69) is 15.7 Å². The Morgan fingerprint density at radius 3 is 2.45 bits per heavy atom. The Balaban J connectivity index is 1.39. The average Bonchev–Trinajstić information content (AvgIpc) is 3.52. The molecule has 2 heterocycles. The van der Waals surface area contributed by atoms with Gasteiger partial charge in [0.05, 0.1) is 30.6 Å². The summed E-state index contributed by atoms with van der Waals surface area (Å²) in [5.41, 5.74) is 3.08. The maximum Gasteiger partial charge on any atom is 0.255 e. The molecule has 33 heavy (non-hydrogen) atoms. The first-order valence-corrected chi connectivity index (χ1v) is 11.3. The van der Waals surface area contributed by atoms with Crippen molar-refractivity contribution in [1.29, 1.82) is 0 Å². The molecule has 2 aromatic heterocycles. The molecule has 0 aliphatic carbocycles. The zero-order chi connectivity index (χ0) is 23.0. The normalized spacial score (nSPS) is 10.6.